The summed E-state index contributed by atoms with van der Waals surface area (Å²) in [6, 6.07) is 8.24. The number of hydrogen-bond acceptors (Lipinski definition) is 3. The van der Waals surface area contributed by atoms with E-state index in [-0.39, 0.29) is 23.2 Å². The van der Waals surface area contributed by atoms with Gasteiger partial charge >= 0.3 is 5.97 Å². The van der Waals surface area contributed by atoms with Crippen LogP contribution in [0.25, 0.3) is 10.9 Å². The van der Waals surface area contributed by atoms with Gasteiger partial charge in [-0.05, 0) is 42.2 Å². The Morgan fingerprint density at radius 3 is 2.81 bits per heavy atom. The highest BCUT2D eigenvalue weighted by atomic mass is 16.5. The molecule has 0 bridgehead atoms. The highest BCUT2D eigenvalue weighted by molar-refractivity contribution is 5.84. The molecule has 0 radical (unpaired) electrons. The normalized spacial score (nSPS) is 25.9. The average Bonchev–Trinajstić information content (AvgIpc) is 3.21. The largest absolute Gasteiger partial charge is 0.469 e. The van der Waals surface area contributed by atoms with E-state index in [9.17, 15) is 9.59 Å². The Labute approximate surface area is 160 Å². The molecule has 1 aliphatic heterocycles. The molecule has 4 rings (SSSR count). The molecule has 1 aromatic heterocycles. The van der Waals surface area contributed by atoms with Gasteiger partial charge in [0.15, 0.2) is 0 Å². The Morgan fingerprint density at radius 1 is 1.30 bits per heavy atom. The van der Waals surface area contributed by atoms with Gasteiger partial charge in [0.1, 0.15) is 0 Å². The van der Waals surface area contributed by atoms with Gasteiger partial charge in [-0.1, -0.05) is 32.0 Å². The third-order valence-corrected chi connectivity index (χ3v) is 6.71. The zero-order valence-electron chi connectivity index (χ0n) is 16.4. The van der Waals surface area contributed by atoms with Crippen molar-refractivity contribution >= 4 is 22.8 Å². The Morgan fingerprint density at radius 2 is 2.07 bits per heavy atom. The van der Waals surface area contributed by atoms with Crippen LogP contribution in [0.15, 0.2) is 30.5 Å². The molecule has 2 aliphatic rings. The first-order valence-electron chi connectivity index (χ1n) is 9.78. The Kier molecular flexibility index (Phi) is 4.28. The first-order chi connectivity index (χ1) is 12.9. The topological polar surface area (TPSA) is 62.4 Å². The number of aromatic amines is 1. The predicted octanol–water partition coefficient (Wildman–Crippen LogP) is 3.54. The van der Waals surface area contributed by atoms with Crippen molar-refractivity contribution in [2.24, 2.45) is 16.7 Å². The smallest absolute Gasteiger partial charge is 0.314 e. The molecule has 144 valence electrons. The van der Waals surface area contributed by atoms with Gasteiger partial charge in [-0.3, -0.25) is 9.59 Å². The predicted molar refractivity (Wildman–Crippen MR) is 104 cm³/mol. The lowest BCUT2D eigenvalue weighted by Gasteiger charge is -2.54. The van der Waals surface area contributed by atoms with E-state index in [1.165, 1.54) is 18.1 Å². The number of fused-ring (bicyclic) bond motifs is 2. The number of carbonyl (C=O) groups excluding carboxylic acids is 2. The molecule has 2 fully saturated rings. The molecule has 27 heavy (non-hydrogen) atoms. The van der Waals surface area contributed by atoms with Crippen LogP contribution in [-0.2, 0) is 20.7 Å². The van der Waals surface area contributed by atoms with Crippen LogP contribution in [0.3, 0.4) is 0 Å². The minimum Gasteiger partial charge on any atom is -0.469 e. The number of benzene rings is 1. The fourth-order valence-electron chi connectivity index (χ4n) is 5.49. The van der Waals surface area contributed by atoms with E-state index in [1.54, 1.807) is 0 Å². The second kappa shape index (κ2) is 6.39. The SMILES string of the molecule is COC(=O)[C@@]12CN(C(=O)CCCc3c[nH]c4ccccc34)C[C@@H]1C(C)(C)C2. The van der Waals surface area contributed by atoms with Crippen LogP contribution < -0.4 is 0 Å². The number of amides is 1. The van der Waals surface area contributed by atoms with Gasteiger partial charge in [-0.25, -0.2) is 0 Å². The number of hydrogen-bond donors (Lipinski definition) is 1. The lowest BCUT2D eigenvalue weighted by Crippen LogP contribution is -2.57. The molecule has 1 amide bonds. The molecule has 2 aromatic rings. The number of methoxy groups -OCH3 is 1. The van der Waals surface area contributed by atoms with E-state index in [0.717, 1.165) is 24.8 Å². The number of likely N-dealkylation sites (tertiary alicyclic amines) is 1. The summed E-state index contributed by atoms with van der Waals surface area (Å²) in [6.07, 6.45) is 5.05. The third kappa shape index (κ3) is 2.84. The number of nitrogens with one attached hydrogen (secondary N) is 1. The van der Waals surface area contributed by atoms with E-state index < -0.39 is 5.41 Å². The molecule has 2 heterocycles. The van der Waals surface area contributed by atoms with Crippen LogP contribution in [-0.4, -0.2) is 42.0 Å². The number of nitrogens with zero attached hydrogens (tertiary/aromatic N) is 1. The van der Waals surface area contributed by atoms with Crippen LogP contribution in [0.2, 0.25) is 0 Å². The lowest BCUT2D eigenvalue weighted by atomic mass is 9.48. The van der Waals surface area contributed by atoms with Crippen LogP contribution in [0.5, 0.6) is 0 Å². The van der Waals surface area contributed by atoms with E-state index in [4.69, 9.17) is 4.74 Å². The number of aromatic nitrogens is 1. The lowest BCUT2D eigenvalue weighted by molar-refractivity contribution is -0.174. The van der Waals surface area contributed by atoms with Crippen molar-refractivity contribution in [1.82, 2.24) is 9.88 Å². The number of ether oxygens (including phenoxy) is 1. The average molecular weight is 368 g/mol. The maximum Gasteiger partial charge on any atom is 0.314 e. The molecule has 0 unspecified atom stereocenters. The molecular formula is C22H28N2O3. The van der Waals surface area contributed by atoms with Crippen molar-refractivity contribution < 1.29 is 14.3 Å². The van der Waals surface area contributed by atoms with E-state index in [0.29, 0.717) is 19.5 Å². The van der Waals surface area contributed by atoms with E-state index >= 15 is 0 Å². The van der Waals surface area contributed by atoms with Crippen molar-refractivity contribution in [3.63, 3.8) is 0 Å². The van der Waals surface area contributed by atoms with Crippen LogP contribution >= 0.6 is 0 Å². The van der Waals surface area contributed by atoms with Gasteiger partial charge in [-0.2, -0.15) is 0 Å². The molecular weight excluding hydrogens is 340 g/mol. The van der Waals surface area contributed by atoms with Gasteiger partial charge in [0.05, 0.1) is 12.5 Å². The summed E-state index contributed by atoms with van der Waals surface area (Å²) in [4.78, 5) is 30.4. The summed E-state index contributed by atoms with van der Waals surface area (Å²) in [7, 11) is 1.45. The third-order valence-electron chi connectivity index (χ3n) is 6.71. The zero-order valence-corrected chi connectivity index (χ0v) is 16.4. The summed E-state index contributed by atoms with van der Waals surface area (Å²) in [5, 5.41) is 1.23. The number of carbonyl (C=O) groups is 2. The quantitative estimate of drug-likeness (QED) is 0.821. The van der Waals surface area contributed by atoms with Gasteiger partial charge in [-0.15, -0.1) is 0 Å². The molecule has 1 aromatic carbocycles. The van der Waals surface area contributed by atoms with E-state index in [1.807, 2.05) is 23.2 Å². The maximum absolute atomic E-state index is 12.8. The first-order valence-corrected chi connectivity index (χ1v) is 9.78. The second-order valence-electron chi connectivity index (χ2n) is 8.85. The molecule has 0 spiro atoms. The summed E-state index contributed by atoms with van der Waals surface area (Å²) >= 11 is 0. The fourth-order valence-corrected chi connectivity index (χ4v) is 5.49. The summed E-state index contributed by atoms with van der Waals surface area (Å²) < 4.78 is 5.07. The minimum absolute atomic E-state index is 0.0905. The molecule has 2 atom stereocenters. The molecule has 5 heteroatoms. The van der Waals surface area contributed by atoms with E-state index in [2.05, 4.69) is 31.0 Å². The Bertz CT molecular complexity index is 885. The standard InChI is InChI=1S/C22H28N2O3/c1-21(2)13-22(20(26)27-3)14-24(12-18(21)22)19(25)10-6-7-15-11-23-17-9-5-4-8-16(15)17/h4-5,8-9,11,18,23H,6-7,10,12-14H2,1-3H3/t18-,22+/m1/s1. The monoisotopic (exact) mass is 368 g/mol. The highest BCUT2D eigenvalue weighted by Crippen LogP contribution is 2.63. The number of H-pyrrole nitrogens is 1. The minimum atomic E-state index is -0.481. The summed E-state index contributed by atoms with van der Waals surface area (Å²) in [5.41, 5.74) is 2.00. The van der Waals surface area contributed by atoms with Crippen molar-refractivity contribution in [1.29, 1.82) is 0 Å². The second-order valence-corrected chi connectivity index (χ2v) is 8.85. The molecule has 1 aliphatic carbocycles. The maximum atomic E-state index is 12.8. The van der Waals surface area contributed by atoms with Crippen molar-refractivity contribution in [3.8, 4) is 0 Å². The Balaban J connectivity index is 1.37. The van der Waals surface area contributed by atoms with Gasteiger partial charge < -0.3 is 14.6 Å². The first kappa shape index (κ1) is 18.1. The number of rotatable bonds is 5. The van der Waals surface area contributed by atoms with Gasteiger partial charge in [0, 0.05) is 36.6 Å². The summed E-state index contributed by atoms with van der Waals surface area (Å²) in [5.74, 6) is 0.208. The summed E-state index contributed by atoms with van der Waals surface area (Å²) in [6.45, 7) is 5.56. The van der Waals surface area contributed by atoms with Crippen molar-refractivity contribution in [3.05, 3.63) is 36.0 Å². The van der Waals surface area contributed by atoms with Gasteiger partial charge in [0.2, 0.25) is 5.91 Å². The van der Waals surface area contributed by atoms with Crippen LogP contribution in [0.1, 0.15) is 38.7 Å². The molecule has 1 saturated heterocycles. The number of para-hydroxylation sites is 1. The van der Waals surface area contributed by atoms with Crippen LogP contribution in [0.4, 0.5) is 0 Å². The number of aryl methyl sites for hydroxylation is 1. The van der Waals surface area contributed by atoms with Crippen molar-refractivity contribution in [2.75, 3.05) is 20.2 Å². The van der Waals surface area contributed by atoms with Gasteiger partial charge in [0.25, 0.3) is 0 Å². The highest BCUT2D eigenvalue weighted by Gasteiger charge is 2.67. The zero-order chi connectivity index (χ0) is 19.2. The fraction of sp³-hybridized carbons (Fsp3) is 0.545. The van der Waals surface area contributed by atoms with Crippen LogP contribution in [0, 0.1) is 16.7 Å². The number of esters is 1. The molecule has 1 saturated carbocycles. The molecule has 5 nitrogen and oxygen atoms in total. The van der Waals surface area contributed by atoms with Crippen molar-refractivity contribution in [2.45, 2.75) is 39.5 Å². The Hall–Kier alpha value is -2.30. The molecule has 1 N–H and O–H groups in total.